The van der Waals surface area contributed by atoms with Crippen molar-refractivity contribution in [3.63, 3.8) is 0 Å². The van der Waals surface area contributed by atoms with E-state index in [1.54, 1.807) is 0 Å². The molecule has 118 valence electrons. The van der Waals surface area contributed by atoms with Crippen LogP contribution in [-0.2, 0) is 10.8 Å². The van der Waals surface area contributed by atoms with E-state index in [0.717, 1.165) is 0 Å². The first-order valence-corrected chi connectivity index (χ1v) is 9.88. The normalized spacial score (nSPS) is 12.5. The van der Waals surface area contributed by atoms with Crippen LogP contribution in [0.3, 0.4) is 0 Å². The van der Waals surface area contributed by atoms with Gasteiger partial charge in [-0.15, -0.1) is 0 Å². The van der Waals surface area contributed by atoms with Crippen LogP contribution in [0.2, 0.25) is 0 Å². The minimum absolute atomic E-state index is 0.174. The molecule has 0 saturated carbocycles. The van der Waals surface area contributed by atoms with Gasteiger partial charge in [-0.2, -0.15) is 0 Å². The van der Waals surface area contributed by atoms with Crippen molar-refractivity contribution < 1.29 is 0 Å². The van der Waals surface area contributed by atoms with E-state index in [9.17, 15) is 0 Å². The smallest absolute Gasteiger partial charge is 0.0223 e. The predicted octanol–water partition coefficient (Wildman–Crippen LogP) is 7.08. The molecule has 2 rings (SSSR count). The second kappa shape index (κ2) is 6.72. The van der Waals surface area contributed by atoms with Gasteiger partial charge in [0.05, 0.1) is 0 Å². The lowest BCUT2D eigenvalue weighted by molar-refractivity contribution is 0.577. The summed E-state index contributed by atoms with van der Waals surface area (Å²) in [5.74, 6) is 0. The lowest BCUT2D eigenvalue weighted by Gasteiger charge is -2.24. The van der Waals surface area contributed by atoms with Crippen LogP contribution in [-0.4, -0.2) is 0 Å². The monoisotopic (exact) mass is 330 g/mol. The molecule has 0 spiro atoms. The molecule has 0 heterocycles. The number of hydrogen-bond acceptors (Lipinski definition) is 2. The van der Waals surface area contributed by atoms with Crippen molar-refractivity contribution in [1.29, 1.82) is 0 Å². The summed E-state index contributed by atoms with van der Waals surface area (Å²) in [5.41, 5.74) is 3.18. The Morgan fingerprint density at radius 1 is 0.545 bits per heavy atom. The highest BCUT2D eigenvalue weighted by molar-refractivity contribution is 8.76. The lowest BCUT2D eigenvalue weighted by atomic mass is 9.87. The molecule has 2 aromatic carbocycles. The van der Waals surface area contributed by atoms with Gasteiger partial charge >= 0.3 is 0 Å². The number of hydrogen-bond donors (Lipinski definition) is 0. The molecule has 2 heteroatoms. The summed E-state index contributed by atoms with van der Waals surface area (Å²) in [5, 5.41) is 0. The zero-order valence-corrected chi connectivity index (χ0v) is 16.1. The minimum atomic E-state index is 0.174. The van der Waals surface area contributed by atoms with E-state index in [0.29, 0.717) is 0 Å². The van der Waals surface area contributed by atoms with E-state index in [4.69, 9.17) is 0 Å². The fraction of sp³-hybridized carbons (Fsp3) is 0.400. The van der Waals surface area contributed by atoms with E-state index in [1.165, 1.54) is 20.9 Å². The summed E-state index contributed by atoms with van der Waals surface area (Å²) in [6.07, 6.45) is 0. The van der Waals surface area contributed by atoms with E-state index in [-0.39, 0.29) is 10.8 Å². The maximum atomic E-state index is 2.28. The molecule has 0 saturated heterocycles. The van der Waals surface area contributed by atoms with E-state index in [2.05, 4.69) is 90.1 Å². The molecule has 0 aliphatic heterocycles. The second-order valence-electron chi connectivity index (χ2n) is 7.66. The van der Waals surface area contributed by atoms with Crippen molar-refractivity contribution in [3.05, 3.63) is 59.7 Å². The molecule has 0 bridgehead atoms. The molecular formula is C20H26S2. The lowest BCUT2D eigenvalue weighted by Crippen LogP contribution is -2.12. The van der Waals surface area contributed by atoms with Gasteiger partial charge in [0.25, 0.3) is 0 Å². The fourth-order valence-corrected chi connectivity index (χ4v) is 5.19. The fourth-order valence-electron chi connectivity index (χ4n) is 2.41. The molecule has 0 nitrogen and oxygen atoms in total. The summed E-state index contributed by atoms with van der Waals surface area (Å²) in [7, 11) is 3.75. The second-order valence-corrected chi connectivity index (χ2v) is 9.87. The third-order valence-corrected chi connectivity index (χ3v) is 6.09. The maximum Gasteiger partial charge on any atom is 0.0223 e. The molecule has 0 radical (unpaired) electrons. The van der Waals surface area contributed by atoms with Crippen LogP contribution in [0.1, 0.15) is 52.7 Å². The van der Waals surface area contributed by atoms with Gasteiger partial charge in [-0.3, -0.25) is 0 Å². The van der Waals surface area contributed by atoms with Crippen molar-refractivity contribution in [2.45, 2.75) is 62.2 Å². The Morgan fingerprint density at radius 3 is 1.18 bits per heavy atom. The van der Waals surface area contributed by atoms with Gasteiger partial charge in [0.1, 0.15) is 0 Å². The third-order valence-electron chi connectivity index (χ3n) is 3.61. The molecule has 0 N–H and O–H groups in total. The van der Waals surface area contributed by atoms with Gasteiger partial charge in [0, 0.05) is 9.79 Å². The largest absolute Gasteiger partial charge is 0.0619 e. The highest BCUT2D eigenvalue weighted by Crippen LogP contribution is 2.44. The Balaban J connectivity index is 2.26. The summed E-state index contributed by atoms with van der Waals surface area (Å²) < 4.78 is 0. The van der Waals surface area contributed by atoms with Gasteiger partial charge in [-0.1, -0.05) is 99.5 Å². The van der Waals surface area contributed by atoms with Gasteiger partial charge in [-0.05, 0) is 34.1 Å². The molecule has 0 aliphatic carbocycles. The van der Waals surface area contributed by atoms with Crippen molar-refractivity contribution in [3.8, 4) is 0 Å². The summed E-state index contributed by atoms with van der Waals surface area (Å²) in [6.45, 7) is 13.7. The van der Waals surface area contributed by atoms with Gasteiger partial charge in [0.15, 0.2) is 0 Å². The van der Waals surface area contributed by atoms with Crippen LogP contribution < -0.4 is 0 Å². The van der Waals surface area contributed by atoms with Gasteiger partial charge < -0.3 is 0 Å². The van der Waals surface area contributed by atoms with Gasteiger partial charge in [0.2, 0.25) is 0 Å². The molecule has 0 amide bonds. The van der Waals surface area contributed by atoms with Gasteiger partial charge in [-0.25, -0.2) is 0 Å². The topological polar surface area (TPSA) is 0 Å². The summed E-state index contributed by atoms with van der Waals surface area (Å²) >= 11 is 0. The summed E-state index contributed by atoms with van der Waals surface area (Å²) in [4.78, 5) is 2.73. The molecule has 0 unspecified atom stereocenters. The minimum Gasteiger partial charge on any atom is -0.0619 e. The predicted molar refractivity (Wildman–Crippen MR) is 102 cm³/mol. The first kappa shape index (κ1) is 17.5. The summed E-state index contributed by atoms with van der Waals surface area (Å²) in [6, 6.07) is 17.5. The highest BCUT2D eigenvalue weighted by atomic mass is 33.1. The molecule has 2 aromatic rings. The quantitative estimate of drug-likeness (QED) is 0.551. The van der Waals surface area contributed by atoms with E-state index < -0.39 is 0 Å². The highest BCUT2D eigenvalue weighted by Gasteiger charge is 2.20. The van der Waals surface area contributed by atoms with Crippen molar-refractivity contribution >= 4 is 21.6 Å². The van der Waals surface area contributed by atoms with Crippen molar-refractivity contribution in [2.24, 2.45) is 0 Å². The number of rotatable bonds is 3. The third kappa shape index (κ3) is 4.33. The van der Waals surface area contributed by atoms with Crippen LogP contribution in [0.4, 0.5) is 0 Å². The van der Waals surface area contributed by atoms with Crippen LogP contribution in [0, 0.1) is 0 Å². The molecule has 22 heavy (non-hydrogen) atoms. The zero-order valence-electron chi connectivity index (χ0n) is 14.4. The van der Waals surface area contributed by atoms with Crippen molar-refractivity contribution in [1.82, 2.24) is 0 Å². The molecule has 0 aromatic heterocycles. The SMILES string of the molecule is CC(C)(C)c1ccccc1SSc1ccccc1C(C)(C)C. The average Bonchev–Trinajstić information content (AvgIpc) is 2.44. The standard InChI is InChI=1S/C20H26S2/c1-19(2,3)15-11-7-9-13-17(15)21-22-18-14-10-8-12-16(18)20(4,5)6/h7-14H,1-6H3. The van der Waals surface area contributed by atoms with E-state index in [1.807, 2.05) is 21.6 Å². The Bertz CT molecular complexity index is 573. The Labute approximate surface area is 143 Å². The molecule has 0 atom stereocenters. The Hall–Kier alpha value is -0.860. The van der Waals surface area contributed by atoms with Crippen LogP contribution in [0.25, 0.3) is 0 Å². The van der Waals surface area contributed by atoms with Crippen LogP contribution in [0.5, 0.6) is 0 Å². The van der Waals surface area contributed by atoms with Crippen LogP contribution in [0.15, 0.2) is 58.3 Å². The molecule has 0 aliphatic rings. The average molecular weight is 331 g/mol. The van der Waals surface area contributed by atoms with Crippen molar-refractivity contribution in [2.75, 3.05) is 0 Å². The molecule has 0 fully saturated rings. The Kier molecular flexibility index (Phi) is 5.34. The first-order valence-electron chi connectivity index (χ1n) is 7.73. The molecular weight excluding hydrogens is 304 g/mol. The van der Waals surface area contributed by atoms with Crippen LogP contribution >= 0.6 is 21.6 Å². The Morgan fingerprint density at radius 2 is 0.864 bits per heavy atom. The maximum absolute atomic E-state index is 2.28. The van der Waals surface area contributed by atoms with E-state index >= 15 is 0 Å². The first-order chi connectivity index (χ1) is 10.2. The number of benzene rings is 2. The zero-order chi connectivity index (χ0) is 16.4.